The van der Waals surface area contributed by atoms with Gasteiger partial charge in [-0.05, 0) is 36.0 Å². The van der Waals surface area contributed by atoms with E-state index >= 15 is 0 Å². The van der Waals surface area contributed by atoms with Gasteiger partial charge in [-0.2, -0.15) is 0 Å². The SMILES string of the molecule is O=C1CC([S+]([O-])Cc2ccccc2)N1CCCCCCCCCc1ccccc1. The van der Waals surface area contributed by atoms with Crippen molar-refractivity contribution < 1.29 is 9.35 Å². The van der Waals surface area contributed by atoms with Gasteiger partial charge in [0.2, 0.25) is 5.91 Å². The molecule has 29 heavy (non-hydrogen) atoms. The first-order valence-electron chi connectivity index (χ1n) is 11.0. The Morgan fingerprint density at radius 2 is 1.34 bits per heavy atom. The van der Waals surface area contributed by atoms with Gasteiger partial charge < -0.3 is 4.55 Å². The van der Waals surface area contributed by atoms with E-state index < -0.39 is 11.2 Å². The molecule has 1 aliphatic rings. The minimum atomic E-state index is -1.00. The molecule has 1 fully saturated rings. The van der Waals surface area contributed by atoms with Crippen LogP contribution in [-0.4, -0.2) is 27.3 Å². The fourth-order valence-electron chi connectivity index (χ4n) is 3.90. The second kappa shape index (κ2) is 12.0. The van der Waals surface area contributed by atoms with Gasteiger partial charge in [0.1, 0.15) is 5.75 Å². The lowest BCUT2D eigenvalue weighted by Crippen LogP contribution is -2.56. The highest BCUT2D eigenvalue weighted by atomic mass is 32.2. The van der Waals surface area contributed by atoms with Crippen molar-refractivity contribution in [3.63, 3.8) is 0 Å². The third-order valence-electron chi connectivity index (χ3n) is 5.68. The van der Waals surface area contributed by atoms with Crippen molar-refractivity contribution in [1.29, 1.82) is 0 Å². The quantitative estimate of drug-likeness (QED) is 0.249. The number of rotatable bonds is 13. The van der Waals surface area contributed by atoms with E-state index in [1.807, 2.05) is 35.2 Å². The summed E-state index contributed by atoms with van der Waals surface area (Å²) >= 11 is -1.00. The summed E-state index contributed by atoms with van der Waals surface area (Å²) in [5.74, 6) is 0.704. The van der Waals surface area contributed by atoms with Gasteiger partial charge >= 0.3 is 0 Å². The van der Waals surface area contributed by atoms with E-state index in [2.05, 4.69) is 30.3 Å². The van der Waals surface area contributed by atoms with E-state index in [0.717, 1.165) is 24.9 Å². The summed E-state index contributed by atoms with van der Waals surface area (Å²) in [7, 11) is 0. The first-order chi connectivity index (χ1) is 14.2. The molecular formula is C25H33NO2S. The largest absolute Gasteiger partial charge is 0.614 e. The molecular weight excluding hydrogens is 378 g/mol. The van der Waals surface area contributed by atoms with Gasteiger partial charge in [-0.1, -0.05) is 92.8 Å². The molecule has 0 aliphatic carbocycles. The summed E-state index contributed by atoms with van der Waals surface area (Å²) in [5, 5.41) is -0.0827. The summed E-state index contributed by atoms with van der Waals surface area (Å²) in [6.07, 6.45) is 10.1. The summed E-state index contributed by atoms with van der Waals surface area (Å²) in [4.78, 5) is 13.8. The maximum Gasteiger partial charge on any atom is 0.233 e. The van der Waals surface area contributed by atoms with E-state index in [9.17, 15) is 9.35 Å². The topological polar surface area (TPSA) is 43.4 Å². The van der Waals surface area contributed by atoms with Crippen molar-refractivity contribution in [2.45, 2.75) is 68.9 Å². The molecule has 1 saturated heterocycles. The Morgan fingerprint density at radius 1 is 0.793 bits per heavy atom. The predicted octanol–water partition coefficient (Wildman–Crippen LogP) is 5.47. The van der Waals surface area contributed by atoms with E-state index in [1.54, 1.807) is 0 Å². The number of β-lactam (4-membered cyclic amide) rings is 1. The Labute approximate surface area is 178 Å². The lowest BCUT2D eigenvalue weighted by atomic mass is 10.0. The van der Waals surface area contributed by atoms with Gasteiger partial charge in [0.25, 0.3) is 0 Å². The van der Waals surface area contributed by atoms with Crippen LogP contribution in [0.3, 0.4) is 0 Å². The number of benzene rings is 2. The van der Waals surface area contributed by atoms with E-state index in [4.69, 9.17) is 0 Å². The lowest BCUT2D eigenvalue weighted by Gasteiger charge is -2.40. The van der Waals surface area contributed by atoms with Crippen LogP contribution in [0.5, 0.6) is 0 Å². The highest BCUT2D eigenvalue weighted by Crippen LogP contribution is 2.27. The van der Waals surface area contributed by atoms with Crippen molar-refractivity contribution in [3.05, 3.63) is 71.8 Å². The van der Waals surface area contributed by atoms with Crippen molar-refractivity contribution >= 4 is 17.1 Å². The van der Waals surface area contributed by atoms with Crippen molar-refractivity contribution in [2.75, 3.05) is 6.54 Å². The monoisotopic (exact) mass is 411 g/mol. The van der Waals surface area contributed by atoms with Gasteiger partial charge in [-0.25, -0.2) is 0 Å². The Kier molecular flexibility index (Phi) is 9.10. The van der Waals surface area contributed by atoms with E-state index in [-0.39, 0.29) is 11.3 Å². The molecule has 2 aromatic carbocycles. The smallest absolute Gasteiger partial charge is 0.233 e. The van der Waals surface area contributed by atoms with Crippen LogP contribution in [-0.2, 0) is 28.1 Å². The summed E-state index contributed by atoms with van der Waals surface area (Å²) < 4.78 is 12.6. The molecule has 0 spiro atoms. The molecule has 3 nitrogen and oxygen atoms in total. The van der Waals surface area contributed by atoms with E-state index in [1.165, 1.54) is 44.1 Å². The number of carbonyl (C=O) groups is 1. The maximum absolute atomic E-state index is 12.6. The van der Waals surface area contributed by atoms with Crippen LogP contribution in [0.25, 0.3) is 0 Å². The fourth-order valence-corrected chi connectivity index (χ4v) is 5.45. The minimum Gasteiger partial charge on any atom is -0.614 e. The lowest BCUT2D eigenvalue weighted by molar-refractivity contribution is -0.141. The number of likely N-dealkylation sites (tertiary alicyclic amines) is 1. The van der Waals surface area contributed by atoms with Crippen molar-refractivity contribution in [3.8, 4) is 0 Å². The molecule has 1 aliphatic heterocycles. The number of hydrogen-bond acceptors (Lipinski definition) is 2. The molecule has 0 radical (unpaired) electrons. The average Bonchev–Trinajstić information content (AvgIpc) is 2.74. The van der Waals surface area contributed by atoms with Crippen LogP contribution < -0.4 is 0 Å². The zero-order chi connectivity index (χ0) is 20.3. The number of hydrogen-bond donors (Lipinski definition) is 0. The Hall–Kier alpha value is -1.78. The molecule has 0 saturated carbocycles. The van der Waals surface area contributed by atoms with Crippen LogP contribution >= 0.6 is 0 Å². The van der Waals surface area contributed by atoms with E-state index in [0.29, 0.717) is 12.2 Å². The van der Waals surface area contributed by atoms with Crippen molar-refractivity contribution in [2.24, 2.45) is 0 Å². The molecule has 2 unspecified atom stereocenters. The number of unbranched alkanes of at least 4 members (excludes halogenated alkanes) is 6. The standard InChI is InChI=1S/C25H33NO2S/c27-24-20-25(29(28)21-23-17-11-7-12-18-23)26(24)19-13-5-3-1-2-4-8-14-22-15-9-6-10-16-22/h6-7,9-12,15-18,25H,1-5,8,13-14,19-21H2. The molecule has 3 rings (SSSR count). The minimum absolute atomic E-state index is 0.0827. The first-order valence-corrected chi connectivity index (χ1v) is 12.4. The molecule has 1 amide bonds. The fraction of sp³-hybridized carbons (Fsp3) is 0.480. The van der Waals surface area contributed by atoms with Gasteiger partial charge in [0, 0.05) is 12.1 Å². The first kappa shape index (κ1) is 21.9. The van der Waals surface area contributed by atoms with Gasteiger partial charge in [0.15, 0.2) is 5.37 Å². The summed E-state index contributed by atoms with van der Waals surface area (Å²) in [6, 6.07) is 20.6. The molecule has 2 atom stereocenters. The highest BCUT2D eigenvalue weighted by Gasteiger charge is 2.43. The second-order valence-corrected chi connectivity index (χ2v) is 9.56. The van der Waals surface area contributed by atoms with Crippen LogP contribution in [0, 0.1) is 0 Å². The Balaban J connectivity index is 1.23. The predicted molar refractivity (Wildman–Crippen MR) is 121 cm³/mol. The highest BCUT2D eigenvalue weighted by molar-refractivity contribution is 7.91. The summed E-state index contributed by atoms with van der Waals surface area (Å²) in [5.41, 5.74) is 2.52. The van der Waals surface area contributed by atoms with Crippen LogP contribution in [0.15, 0.2) is 60.7 Å². The molecule has 0 bridgehead atoms. The second-order valence-electron chi connectivity index (χ2n) is 7.97. The van der Waals surface area contributed by atoms with Crippen molar-refractivity contribution in [1.82, 2.24) is 4.90 Å². The molecule has 0 N–H and O–H groups in total. The zero-order valence-corrected chi connectivity index (χ0v) is 18.1. The molecule has 156 valence electrons. The number of carbonyl (C=O) groups excluding carboxylic acids is 1. The normalized spacial score (nSPS) is 17.2. The number of aryl methyl sites for hydroxylation is 1. The summed E-state index contributed by atoms with van der Waals surface area (Å²) in [6.45, 7) is 0.762. The van der Waals surface area contributed by atoms with Gasteiger partial charge in [0.05, 0.1) is 6.42 Å². The Morgan fingerprint density at radius 3 is 1.97 bits per heavy atom. The van der Waals surface area contributed by atoms with Crippen LogP contribution in [0.1, 0.15) is 62.5 Å². The van der Waals surface area contributed by atoms with Crippen LogP contribution in [0.2, 0.25) is 0 Å². The third-order valence-corrected chi connectivity index (χ3v) is 7.33. The molecule has 2 aromatic rings. The van der Waals surface area contributed by atoms with Crippen LogP contribution in [0.4, 0.5) is 0 Å². The number of nitrogens with zero attached hydrogens (tertiary/aromatic N) is 1. The average molecular weight is 412 g/mol. The van der Waals surface area contributed by atoms with Gasteiger partial charge in [-0.3, -0.25) is 9.69 Å². The molecule has 0 aromatic heterocycles. The maximum atomic E-state index is 12.6. The number of amides is 1. The third kappa shape index (κ3) is 7.20. The molecule has 4 heteroatoms. The zero-order valence-electron chi connectivity index (χ0n) is 17.3. The molecule has 1 heterocycles. The van der Waals surface area contributed by atoms with Gasteiger partial charge in [-0.15, -0.1) is 0 Å². The Bertz CT molecular complexity index is 722.